The summed E-state index contributed by atoms with van der Waals surface area (Å²) in [6.45, 7) is 5.69. The van der Waals surface area contributed by atoms with Crippen LogP contribution in [-0.2, 0) is 4.74 Å². The summed E-state index contributed by atoms with van der Waals surface area (Å²) in [4.78, 5) is 11.6. The predicted molar refractivity (Wildman–Crippen MR) is 80.7 cm³/mol. The highest BCUT2D eigenvalue weighted by Crippen LogP contribution is 2.29. The van der Waals surface area contributed by atoms with Crippen LogP contribution in [0.2, 0.25) is 0 Å². The van der Waals surface area contributed by atoms with Gasteiger partial charge in [0.05, 0.1) is 14.2 Å². The summed E-state index contributed by atoms with van der Waals surface area (Å²) >= 11 is 0. The number of alkyl carbamates (subject to hydrolysis) is 1. The van der Waals surface area contributed by atoms with Crippen LogP contribution in [0.5, 0.6) is 11.5 Å². The van der Waals surface area contributed by atoms with Gasteiger partial charge < -0.3 is 25.3 Å². The number of ether oxygens (including phenoxy) is 3. The third-order valence-electron chi connectivity index (χ3n) is 2.70. The van der Waals surface area contributed by atoms with E-state index < -0.39 is 11.7 Å². The van der Waals surface area contributed by atoms with Gasteiger partial charge in [-0.15, -0.1) is 0 Å². The minimum absolute atomic E-state index is 0.268. The molecule has 0 heterocycles. The molecular weight excluding hydrogens is 272 g/mol. The molecule has 0 aliphatic rings. The summed E-state index contributed by atoms with van der Waals surface area (Å²) in [6.07, 6.45) is -0.488. The van der Waals surface area contributed by atoms with Gasteiger partial charge in [-0.2, -0.15) is 0 Å². The monoisotopic (exact) mass is 296 g/mol. The predicted octanol–water partition coefficient (Wildman–Crippen LogP) is 2.23. The average Bonchev–Trinajstić information content (AvgIpc) is 2.42. The first-order valence-electron chi connectivity index (χ1n) is 6.71. The Morgan fingerprint density at radius 3 is 2.38 bits per heavy atom. The van der Waals surface area contributed by atoms with E-state index in [0.29, 0.717) is 11.5 Å². The Morgan fingerprint density at radius 1 is 1.24 bits per heavy atom. The highest BCUT2D eigenvalue weighted by Gasteiger charge is 2.17. The summed E-state index contributed by atoms with van der Waals surface area (Å²) < 4.78 is 15.5. The van der Waals surface area contributed by atoms with Crippen molar-refractivity contribution in [3.63, 3.8) is 0 Å². The molecule has 1 aromatic carbocycles. The fourth-order valence-electron chi connectivity index (χ4n) is 1.71. The number of carbonyl (C=O) groups is 1. The van der Waals surface area contributed by atoms with Gasteiger partial charge in [-0.25, -0.2) is 4.79 Å². The van der Waals surface area contributed by atoms with Crippen LogP contribution >= 0.6 is 0 Å². The minimum atomic E-state index is -0.530. The largest absolute Gasteiger partial charge is 0.493 e. The Hall–Kier alpha value is -1.95. The standard InChI is InChI=1S/C15H24N2O4/c1-15(2,3)21-14(18)17-9-11(16)10-6-7-12(19-4)13(8-10)20-5/h6-8,11H,9,16H2,1-5H3,(H,17,18)/t11-/m0/s1. The first kappa shape index (κ1) is 17.1. The molecule has 1 amide bonds. The van der Waals surface area contributed by atoms with E-state index in [9.17, 15) is 4.79 Å². The van der Waals surface area contributed by atoms with Gasteiger partial charge in [0.15, 0.2) is 11.5 Å². The number of benzene rings is 1. The zero-order valence-electron chi connectivity index (χ0n) is 13.2. The van der Waals surface area contributed by atoms with Crippen LogP contribution in [0.3, 0.4) is 0 Å². The number of methoxy groups -OCH3 is 2. The summed E-state index contributed by atoms with van der Waals surface area (Å²) in [5.41, 5.74) is 6.36. The summed E-state index contributed by atoms with van der Waals surface area (Å²) in [7, 11) is 3.13. The molecule has 1 aromatic rings. The molecule has 0 radical (unpaired) electrons. The molecule has 0 spiro atoms. The van der Waals surface area contributed by atoms with Gasteiger partial charge in [0.2, 0.25) is 0 Å². The van der Waals surface area contributed by atoms with E-state index in [4.69, 9.17) is 19.9 Å². The third kappa shape index (κ3) is 5.51. The van der Waals surface area contributed by atoms with Crippen molar-refractivity contribution >= 4 is 6.09 Å². The lowest BCUT2D eigenvalue weighted by molar-refractivity contribution is 0.0524. The molecule has 1 atom stereocenters. The van der Waals surface area contributed by atoms with Gasteiger partial charge in [-0.05, 0) is 38.5 Å². The van der Waals surface area contributed by atoms with E-state index in [2.05, 4.69) is 5.32 Å². The molecular formula is C15H24N2O4. The van der Waals surface area contributed by atoms with Crippen LogP contribution < -0.4 is 20.5 Å². The normalized spacial score (nSPS) is 12.5. The maximum atomic E-state index is 11.6. The van der Waals surface area contributed by atoms with Gasteiger partial charge >= 0.3 is 6.09 Å². The zero-order valence-corrected chi connectivity index (χ0v) is 13.2. The third-order valence-corrected chi connectivity index (χ3v) is 2.70. The lowest BCUT2D eigenvalue weighted by atomic mass is 10.1. The van der Waals surface area contributed by atoms with Crippen molar-refractivity contribution in [2.75, 3.05) is 20.8 Å². The molecule has 1 rings (SSSR count). The Labute approximate surface area is 125 Å². The number of nitrogens with one attached hydrogen (secondary N) is 1. The molecule has 0 aliphatic carbocycles. The number of amides is 1. The Kier molecular flexibility index (Phi) is 5.84. The highest BCUT2D eigenvalue weighted by atomic mass is 16.6. The van der Waals surface area contributed by atoms with Crippen molar-refractivity contribution in [1.29, 1.82) is 0 Å². The van der Waals surface area contributed by atoms with E-state index in [1.807, 2.05) is 6.07 Å². The first-order valence-corrected chi connectivity index (χ1v) is 6.71. The zero-order chi connectivity index (χ0) is 16.0. The molecule has 0 aromatic heterocycles. The molecule has 6 nitrogen and oxygen atoms in total. The number of hydrogen-bond acceptors (Lipinski definition) is 5. The van der Waals surface area contributed by atoms with Crippen molar-refractivity contribution < 1.29 is 19.0 Å². The van der Waals surface area contributed by atoms with E-state index >= 15 is 0 Å². The molecule has 0 unspecified atom stereocenters. The molecule has 21 heavy (non-hydrogen) atoms. The van der Waals surface area contributed by atoms with Gasteiger partial charge in [-0.1, -0.05) is 6.07 Å². The summed E-state index contributed by atoms with van der Waals surface area (Å²) in [5.74, 6) is 1.23. The van der Waals surface area contributed by atoms with Crippen LogP contribution in [0.15, 0.2) is 18.2 Å². The number of carbonyl (C=O) groups excluding carboxylic acids is 1. The van der Waals surface area contributed by atoms with E-state index in [-0.39, 0.29) is 12.6 Å². The highest BCUT2D eigenvalue weighted by molar-refractivity contribution is 5.67. The van der Waals surface area contributed by atoms with Crippen molar-refractivity contribution in [1.82, 2.24) is 5.32 Å². The molecule has 0 saturated carbocycles. The second-order valence-corrected chi connectivity index (χ2v) is 5.60. The molecule has 0 aliphatic heterocycles. The first-order chi connectivity index (χ1) is 9.76. The van der Waals surface area contributed by atoms with Crippen LogP contribution in [-0.4, -0.2) is 32.5 Å². The van der Waals surface area contributed by atoms with E-state index in [0.717, 1.165) is 5.56 Å². The van der Waals surface area contributed by atoms with Crippen molar-refractivity contribution in [2.45, 2.75) is 32.4 Å². The van der Waals surface area contributed by atoms with Gasteiger partial charge in [0, 0.05) is 12.6 Å². The second-order valence-electron chi connectivity index (χ2n) is 5.60. The van der Waals surface area contributed by atoms with Crippen LogP contribution in [0, 0.1) is 0 Å². The molecule has 118 valence electrons. The Morgan fingerprint density at radius 2 is 1.86 bits per heavy atom. The topological polar surface area (TPSA) is 82.8 Å². The average molecular weight is 296 g/mol. The minimum Gasteiger partial charge on any atom is -0.493 e. The lowest BCUT2D eigenvalue weighted by Crippen LogP contribution is -2.36. The van der Waals surface area contributed by atoms with Crippen LogP contribution in [0.4, 0.5) is 4.79 Å². The summed E-state index contributed by atoms with van der Waals surface area (Å²) in [6, 6.07) is 5.04. The molecule has 3 N–H and O–H groups in total. The Balaban J connectivity index is 2.63. The summed E-state index contributed by atoms with van der Waals surface area (Å²) in [5, 5.41) is 2.65. The maximum Gasteiger partial charge on any atom is 0.407 e. The van der Waals surface area contributed by atoms with Crippen molar-refractivity contribution in [3.8, 4) is 11.5 Å². The van der Waals surface area contributed by atoms with Crippen molar-refractivity contribution in [3.05, 3.63) is 23.8 Å². The SMILES string of the molecule is COc1ccc([C@@H](N)CNC(=O)OC(C)(C)C)cc1OC. The number of hydrogen-bond donors (Lipinski definition) is 2. The molecule has 6 heteroatoms. The van der Waals surface area contributed by atoms with E-state index in [1.54, 1.807) is 47.1 Å². The number of rotatable bonds is 5. The quantitative estimate of drug-likeness (QED) is 0.870. The smallest absolute Gasteiger partial charge is 0.407 e. The Bertz CT molecular complexity index is 483. The van der Waals surface area contributed by atoms with E-state index in [1.165, 1.54) is 0 Å². The fraction of sp³-hybridized carbons (Fsp3) is 0.533. The van der Waals surface area contributed by atoms with Crippen LogP contribution in [0.25, 0.3) is 0 Å². The van der Waals surface area contributed by atoms with Crippen molar-refractivity contribution in [2.24, 2.45) is 5.73 Å². The maximum absolute atomic E-state index is 11.6. The van der Waals surface area contributed by atoms with Gasteiger partial charge in [0.1, 0.15) is 5.60 Å². The molecule has 0 fully saturated rings. The fourth-order valence-corrected chi connectivity index (χ4v) is 1.71. The van der Waals surface area contributed by atoms with Gasteiger partial charge in [0.25, 0.3) is 0 Å². The van der Waals surface area contributed by atoms with Crippen LogP contribution in [0.1, 0.15) is 32.4 Å². The van der Waals surface area contributed by atoms with Gasteiger partial charge in [-0.3, -0.25) is 0 Å². The lowest BCUT2D eigenvalue weighted by Gasteiger charge is -2.21. The second kappa shape index (κ2) is 7.17. The molecule has 0 bridgehead atoms. The number of nitrogens with two attached hydrogens (primary N) is 1. The molecule has 0 saturated heterocycles.